The van der Waals surface area contributed by atoms with Gasteiger partial charge in [-0.1, -0.05) is 11.3 Å². The Hall–Kier alpha value is -2.81. The van der Waals surface area contributed by atoms with Crippen molar-refractivity contribution in [1.29, 1.82) is 0 Å². The van der Waals surface area contributed by atoms with Crippen LogP contribution in [0.15, 0.2) is 24.4 Å². The van der Waals surface area contributed by atoms with Crippen molar-refractivity contribution in [3.05, 3.63) is 30.0 Å². The zero-order chi connectivity index (χ0) is 19.7. The number of nitrogens with zero attached hydrogens (tertiary/aromatic N) is 5. The molecule has 1 aromatic carbocycles. The molecule has 0 spiro atoms. The maximum Gasteiger partial charge on any atom is 0.261 e. The summed E-state index contributed by atoms with van der Waals surface area (Å²) < 4.78 is 13.5. The lowest BCUT2D eigenvalue weighted by molar-refractivity contribution is 0.0743. The van der Waals surface area contributed by atoms with Crippen LogP contribution in [0.25, 0.3) is 10.2 Å². The quantitative estimate of drug-likeness (QED) is 0.654. The summed E-state index contributed by atoms with van der Waals surface area (Å²) in [6.45, 7) is 5.38. The van der Waals surface area contributed by atoms with Crippen LogP contribution in [0, 0.1) is 0 Å². The Kier molecular flexibility index (Phi) is 5.08. The predicted molar refractivity (Wildman–Crippen MR) is 109 cm³/mol. The molecule has 1 amide bonds. The highest BCUT2D eigenvalue weighted by Crippen LogP contribution is 2.32. The molecule has 0 saturated carbocycles. The summed E-state index contributed by atoms with van der Waals surface area (Å²) in [5, 5.41) is 5.15. The van der Waals surface area contributed by atoms with Gasteiger partial charge >= 0.3 is 0 Å². The summed E-state index contributed by atoms with van der Waals surface area (Å²) in [5.74, 6) is 1.19. The Bertz CT molecular complexity index is 991. The molecule has 0 aliphatic carbocycles. The highest BCUT2D eigenvalue weighted by Gasteiger charge is 2.27. The Morgan fingerprint density at radius 3 is 2.75 bits per heavy atom. The largest absolute Gasteiger partial charge is 0.494 e. The number of rotatable bonds is 5. The Balaban J connectivity index is 1.45. The number of aryl methyl sites for hydroxylation is 1. The number of anilines is 1. The van der Waals surface area contributed by atoms with Gasteiger partial charge in [-0.3, -0.25) is 9.48 Å². The molecule has 28 heavy (non-hydrogen) atoms. The number of thiazole rings is 1. The first-order valence-corrected chi connectivity index (χ1v) is 10.1. The minimum atomic E-state index is -0.0461. The molecule has 1 fully saturated rings. The van der Waals surface area contributed by atoms with Crippen LogP contribution in [0.3, 0.4) is 0 Å². The summed E-state index contributed by atoms with van der Waals surface area (Å²) in [6.07, 6.45) is 1.71. The average Bonchev–Trinajstić information content (AvgIpc) is 3.30. The third-order valence-corrected chi connectivity index (χ3v) is 5.79. The topological polar surface area (TPSA) is 72.7 Å². The number of amides is 1. The molecule has 4 rings (SSSR count). The maximum absolute atomic E-state index is 12.8. The Morgan fingerprint density at radius 2 is 2.04 bits per heavy atom. The molecular weight excluding hydrogens is 378 g/mol. The van der Waals surface area contributed by atoms with E-state index in [1.54, 1.807) is 29.3 Å². The van der Waals surface area contributed by atoms with Crippen molar-refractivity contribution in [2.45, 2.75) is 6.92 Å². The van der Waals surface area contributed by atoms with E-state index in [0.717, 1.165) is 34.2 Å². The molecule has 0 N–H and O–H groups in total. The number of carbonyl (C=O) groups is 1. The van der Waals surface area contributed by atoms with Crippen LogP contribution in [0.4, 0.5) is 5.13 Å². The zero-order valence-corrected chi connectivity index (χ0v) is 17.0. The molecule has 1 aliphatic rings. The molecule has 0 atom stereocenters. The van der Waals surface area contributed by atoms with Gasteiger partial charge in [0.05, 0.1) is 23.9 Å². The lowest BCUT2D eigenvalue weighted by Crippen LogP contribution is -2.48. The van der Waals surface area contributed by atoms with E-state index in [1.807, 2.05) is 30.0 Å². The lowest BCUT2D eigenvalue weighted by atomic mass is 10.2. The van der Waals surface area contributed by atoms with Crippen molar-refractivity contribution >= 4 is 32.6 Å². The number of methoxy groups -OCH3 is 1. The van der Waals surface area contributed by atoms with Gasteiger partial charge in [-0.15, -0.1) is 5.10 Å². The normalized spacial score (nSPS) is 14.5. The maximum atomic E-state index is 12.8. The van der Waals surface area contributed by atoms with Gasteiger partial charge in [-0.25, -0.2) is 4.98 Å². The number of benzene rings is 1. The smallest absolute Gasteiger partial charge is 0.261 e. The Morgan fingerprint density at radius 1 is 1.25 bits per heavy atom. The second-order valence-electron chi connectivity index (χ2n) is 6.56. The van der Waals surface area contributed by atoms with E-state index in [9.17, 15) is 4.79 Å². The number of carbonyl (C=O) groups excluding carboxylic acids is 1. The summed E-state index contributed by atoms with van der Waals surface area (Å²) in [7, 11) is 3.31. The van der Waals surface area contributed by atoms with Gasteiger partial charge in [0.15, 0.2) is 5.13 Å². The second kappa shape index (κ2) is 7.67. The molecule has 9 heteroatoms. The number of hydrogen-bond acceptors (Lipinski definition) is 7. The molecule has 3 aromatic rings. The first kappa shape index (κ1) is 18.5. The second-order valence-corrected chi connectivity index (χ2v) is 7.57. The van der Waals surface area contributed by atoms with Crippen molar-refractivity contribution in [3.8, 4) is 11.6 Å². The molecule has 0 unspecified atom stereocenters. The highest BCUT2D eigenvalue weighted by atomic mass is 32.1. The molecule has 0 bridgehead atoms. The average molecular weight is 401 g/mol. The van der Waals surface area contributed by atoms with Crippen LogP contribution >= 0.6 is 11.3 Å². The minimum Gasteiger partial charge on any atom is -0.494 e. The fraction of sp³-hybridized carbons (Fsp3) is 0.421. The number of hydrogen-bond donors (Lipinski definition) is 0. The predicted octanol–water partition coefficient (Wildman–Crippen LogP) is 2.40. The van der Waals surface area contributed by atoms with E-state index < -0.39 is 0 Å². The van der Waals surface area contributed by atoms with E-state index >= 15 is 0 Å². The molecule has 1 aliphatic heterocycles. The molecule has 0 radical (unpaired) electrons. The molecule has 1 saturated heterocycles. The minimum absolute atomic E-state index is 0.0461. The fourth-order valence-corrected chi connectivity index (χ4v) is 4.37. The van der Waals surface area contributed by atoms with Crippen LogP contribution in [-0.4, -0.2) is 65.5 Å². The summed E-state index contributed by atoms with van der Waals surface area (Å²) >= 11 is 1.66. The number of fused-ring (bicyclic) bond motifs is 1. The first-order valence-electron chi connectivity index (χ1n) is 9.24. The number of piperazine rings is 1. The molecular formula is C19H23N5O3S. The van der Waals surface area contributed by atoms with Crippen molar-refractivity contribution in [2.24, 2.45) is 7.05 Å². The van der Waals surface area contributed by atoms with Crippen molar-refractivity contribution in [3.63, 3.8) is 0 Å². The summed E-state index contributed by atoms with van der Waals surface area (Å²) in [6, 6.07) is 5.98. The van der Waals surface area contributed by atoms with Gasteiger partial charge in [0, 0.05) is 39.4 Å². The zero-order valence-electron chi connectivity index (χ0n) is 16.2. The van der Waals surface area contributed by atoms with E-state index in [4.69, 9.17) is 14.5 Å². The van der Waals surface area contributed by atoms with E-state index in [0.29, 0.717) is 31.1 Å². The summed E-state index contributed by atoms with van der Waals surface area (Å²) in [5.41, 5.74) is 1.48. The SMILES string of the molecule is CCOc1ccc2nc(N3CCN(C(=O)c4cn(C)nc4OC)CC3)sc2c1. The van der Waals surface area contributed by atoms with E-state index in [2.05, 4.69) is 10.00 Å². The molecule has 3 heterocycles. The van der Waals surface area contributed by atoms with E-state index in [1.165, 1.54) is 7.11 Å². The van der Waals surface area contributed by atoms with Crippen LogP contribution in [0.5, 0.6) is 11.6 Å². The monoisotopic (exact) mass is 401 g/mol. The Labute approximate surface area is 167 Å². The number of ether oxygens (including phenoxy) is 2. The van der Waals surface area contributed by atoms with Crippen molar-refractivity contribution in [2.75, 3.05) is 44.8 Å². The molecule has 2 aromatic heterocycles. The third kappa shape index (κ3) is 3.49. The van der Waals surface area contributed by atoms with Gasteiger partial charge in [-0.05, 0) is 25.1 Å². The lowest BCUT2D eigenvalue weighted by Gasteiger charge is -2.34. The van der Waals surface area contributed by atoms with E-state index in [-0.39, 0.29) is 5.91 Å². The third-order valence-electron chi connectivity index (χ3n) is 4.72. The first-order chi connectivity index (χ1) is 13.6. The fourth-order valence-electron chi connectivity index (χ4n) is 3.32. The molecule has 8 nitrogen and oxygen atoms in total. The van der Waals surface area contributed by atoms with Crippen LogP contribution in [-0.2, 0) is 7.05 Å². The standard InChI is InChI=1S/C19H23N5O3S/c1-4-27-13-5-6-15-16(11-13)28-19(20-15)24-9-7-23(8-10-24)18(25)14-12-22(2)21-17(14)26-3/h5-6,11-12H,4,7-10H2,1-3H3. The van der Waals surface area contributed by atoms with Gasteiger partial charge in [0.1, 0.15) is 11.3 Å². The van der Waals surface area contributed by atoms with Gasteiger partial charge in [-0.2, -0.15) is 0 Å². The van der Waals surface area contributed by atoms with Crippen LogP contribution < -0.4 is 14.4 Å². The number of aromatic nitrogens is 3. The van der Waals surface area contributed by atoms with Crippen molar-refractivity contribution < 1.29 is 14.3 Å². The molecule has 148 valence electrons. The summed E-state index contributed by atoms with van der Waals surface area (Å²) in [4.78, 5) is 21.6. The van der Waals surface area contributed by atoms with Crippen LogP contribution in [0.1, 0.15) is 17.3 Å². The van der Waals surface area contributed by atoms with Gasteiger partial charge in [0.2, 0.25) is 5.88 Å². The van der Waals surface area contributed by atoms with Crippen LogP contribution in [0.2, 0.25) is 0 Å². The van der Waals surface area contributed by atoms with Crippen molar-refractivity contribution in [1.82, 2.24) is 19.7 Å². The van der Waals surface area contributed by atoms with Gasteiger partial charge < -0.3 is 19.3 Å². The van der Waals surface area contributed by atoms with Gasteiger partial charge in [0.25, 0.3) is 5.91 Å². The highest BCUT2D eigenvalue weighted by molar-refractivity contribution is 7.22.